The number of benzene rings is 2. The topological polar surface area (TPSA) is 60.5 Å². The molecule has 1 heterocycles. The number of nitrogens with zero attached hydrogens (tertiary/aromatic N) is 1. The van der Waals surface area contributed by atoms with Gasteiger partial charge in [0, 0.05) is 23.0 Å². The Morgan fingerprint density at radius 1 is 1.14 bits per heavy atom. The lowest BCUT2D eigenvalue weighted by Gasteiger charge is -2.08. The standard InChI is InChI=1S/C20H19FN2O3S2/c1-25-15-7-13(8-16(9-15)26-2)10-27-11-14-12-28-20(22-14)23-19(24)17-5-3-4-6-18(17)21/h3-9,12H,10-11H2,1-2H3,(H,22,23,24). The third-order valence-electron chi connectivity index (χ3n) is 3.82. The van der Waals surface area contributed by atoms with Crippen molar-refractivity contribution in [3.8, 4) is 11.5 Å². The summed E-state index contributed by atoms with van der Waals surface area (Å²) < 4.78 is 24.2. The predicted octanol–water partition coefficient (Wildman–Crippen LogP) is 4.99. The van der Waals surface area contributed by atoms with Crippen molar-refractivity contribution in [3.05, 3.63) is 70.5 Å². The SMILES string of the molecule is COc1cc(CSCc2csc(NC(=O)c3ccccc3F)n2)cc(OC)c1. The van der Waals surface area contributed by atoms with Gasteiger partial charge in [0.1, 0.15) is 17.3 Å². The number of hydrogen-bond donors (Lipinski definition) is 1. The van der Waals surface area contributed by atoms with Crippen molar-refractivity contribution in [2.75, 3.05) is 19.5 Å². The number of halogens is 1. The Hall–Kier alpha value is -2.58. The second kappa shape index (κ2) is 9.57. The molecule has 146 valence electrons. The van der Waals surface area contributed by atoms with Gasteiger partial charge in [0.05, 0.1) is 25.5 Å². The number of rotatable bonds is 8. The molecular weight excluding hydrogens is 399 g/mol. The monoisotopic (exact) mass is 418 g/mol. The van der Waals surface area contributed by atoms with E-state index in [9.17, 15) is 9.18 Å². The predicted molar refractivity (Wildman–Crippen MR) is 111 cm³/mol. The molecule has 0 saturated carbocycles. The van der Waals surface area contributed by atoms with Crippen LogP contribution >= 0.6 is 23.1 Å². The molecule has 3 aromatic rings. The van der Waals surface area contributed by atoms with Crippen molar-refractivity contribution in [2.45, 2.75) is 11.5 Å². The summed E-state index contributed by atoms with van der Waals surface area (Å²) in [5.74, 6) is 1.90. The van der Waals surface area contributed by atoms with E-state index in [-0.39, 0.29) is 5.56 Å². The van der Waals surface area contributed by atoms with Crippen LogP contribution in [-0.4, -0.2) is 25.1 Å². The molecule has 5 nitrogen and oxygen atoms in total. The highest BCUT2D eigenvalue weighted by Gasteiger charge is 2.13. The molecule has 0 aliphatic rings. The van der Waals surface area contributed by atoms with Gasteiger partial charge in [-0.2, -0.15) is 11.8 Å². The zero-order valence-corrected chi connectivity index (χ0v) is 17.0. The molecule has 0 bridgehead atoms. The third-order valence-corrected chi connectivity index (χ3v) is 5.66. The molecule has 0 radical (unpaired) electrons. The van der Waals surface area contributed by atoms with Crippen LogP contribution in [0.3, 0.4) is 0 Å². The van der Waals surface area contributed by atoms with E-state index in [1.54, 1.807) is 38.1 Å². The van der Waals surface area contributed by atoms with Gasteiger partial charge in [-0.1, -0.05) is 12.1 Å². The van der Waals surface area contributed by atoms with E-state index in [0.717, 1.165) is 28.5 Å². The van der Waals surface area contributed by atoms with Gasteiger partial charge in [-0.15, -0.1) is 11.3 Å². The molecule has 0 aliphatic heterocycles. The lowest BCUT2D eigenvalue weighted by molar-refractivity contribution is 0.102. The minimum atomic E-state index is -0.555. The lowest BCUT2D eigenvalue weighted by atomic mass is 10.2. The number of carbonyl (C=O) groups excluding carboxylic acids is 1. The highest BCUT2D eigenvalue weighted by atomic mass is 32.2. The zero-order chi connectivity index (χ0) is 19.9. The van der Waals surface area contributed by atoms with Gasteiger partial charge >= 0.3 is 0 Å². The van der Waals surface area contributed by atoms with Gasteiger partial charge in [-0.3, -0.25) is 10.1 Å². The van der Waals surface area contributed by atoms with Crippen molar-refractivity contribution in [2.24, 2.45) is 0 Å². The molecule has 0 atom stereocenters. The largest absolute Gasteiger partial charge is 0.497 e. The molecule has 0 spiro atoms. The van der Waals surface area contributed by atoms with Crippen LogP contribution in [0.15, 0.2) is 47.8 Å². The summed E-state index contributed by atoms with van der Waals surface area (Å²) in [6, 6.07) is 11.6. The molecule has 1 amide bonds. The van der Waals surface area contributed by atoms with Gasteiger partial charge in [0.15, 0.2) is 5.13 Å². The maximum absolute atomic E-state index is 13.7. The summed E-state index contributed by atoms with van der Waals surface area (Å²) in [6.45, 7) is 0. The van der Waals surface area contributed by atoms with Crippen LogP contribution in [0.5, 0.6) is 11.5 Å². The van der Waals surface area contributed by atoms with Crippen molar-refractivity contribution < 1.29 is 18.7 Å². The average Bonchev–Trinajstić information content (AvgIpc) is 3.15. The van der Waals surface area contributed by atoms with E-state index in [0.29, 0.717) is 10.9 Å². The summed E-state index contributed by atoms with van der Waals surface area (Å²) in [5, 5.41) is 4.98. The number of aromatic nitrogens is 1. The molecule has 28 heavy (non-hydrogen) atoms. The summed E-state index contributed by atoms with van der Waals surface area (Å²) in [6.07, 6.45) is 0. The van der Waals surface area contributed by atoms with E-state index in [1.807, 2.05) is 23.6 Å². The van der Waals surface area contributed by atoms with E-state index in [2.05, 4.69) is 10.3 Å². The maximum Gasteiger partial charge on any atom is 0.260 e. The molecule has 3 rings (SSSR count). The summed E-state index contributed by atoms with van der Waals surface area (Å²) in [4.78, 5) is 16.5. The third kappa shape index (κ3) is 5.24. The first-order valence-electron chi connectivity index (χ1n) is 8.39. The quantitative estimate of drug-likeness (QED) is 0.559. The molecule has 1 aromatic heterocycles. The smallest absolute Gasteiger partial charge is 0.260 e. The number of thiazole rings is 1. The lowest BCUT2D eigenvalue weighted by Crippen LogP contribution is -2.13. The molecule has 2 aromatic carbocycles. The van der Waals surface area contributed by atoms with Crippen LogP contribution in [-0.2, 0) is 11.5 Å². The number of anilines is 1. The number of thioether (sulfide) groups is 1. The summed E-state index contributed by atoms with van der Waals surface area (Å²) in [5.41, 5.74) is 1.94. The molecule has 1 N–H and O–H groups in total. The molecular formula is C20H19FN2O3S2. The minimum Gasteiger partial charge on any atom is -0.497 e. The van der Waals surface area contributed by atoms with Crippen LogP contribution in [0, 0.1) is 5.82 Å². The van der Waals surface area contributed by atoms with Gasteiger partial charge in [0.25, 0.3) is 5.91 Å². The van der Waals surface area contributed by atoms with Crippen LogP contribution in [0.1, 0.15) is 21.6 Å². The summed E-state index contributed by atoms with van der Waals surface area (Å²) >= 11 is 3.01. The minimum absolute atomic E-state index is 0.000553. The Bertz CT molecular complexity index is 940. The molecule has 0 fully saturated rings. The van der Waals surface area contributed by atoms with Crippen LogP contribution in [0.2, 0.25) is 0 Å². The Balaban J connectivity index is 1.55. The van der Waals surface area contributed by atoms with Gasteiger partial charge in [-0.25, -0.2) is 9.37 Å². The van der Waals surface area contributed by atoms with Crippen molar-refractivity contribution in [3.63, 3.8) is 0 Å². The number of nitrogens with one attached hydrogen (secondary N) is 1. The fraction of sp³-hybridized carbons (Fsp3) is 0.200. The molecule has 0 saturated heterocycles. The van der Waals surface area contributed by atoms with E-state index in [1.165, 1.54) is 23.5 Å². The number of methoxy groups -OCH3 is 2. The average molecular weight is 419 g/mol. The second-order valence-electron chi connectivity index (χ2n) is 5.79. The highest BCUT2D eigenvalue weighted by molar-refractivity contribution is 7.97. The fourth-order valence-electron chi connectivity index (χ4n) is 2.46. The summed E-state index contributed by atoms with van der Waals surface area (Å²) in [7, 11) is 3.25. The maximum atomic E-state index is 13.7. The van der Waals surface area contributed by atoms with Gasteiger partial charge < -0.3 is 9.47 Å². The Kier molecular flexibility index (Phi) is 6.89. The molecule has 0 unspecified atom stereocenters. The van der Waals surface area contributed by atoms with Crippen molar-refractivity contribution in [1.29, 1.82) is 0 Å². The van der Waals surface area contributed by atoms with Crippen molar-refractivity contribution in [1.82, 2.24) is 4.98 Å². The van der Waals surface area contributed by atoms with Crippen LogP contribution < -0.4 is 14.8 Å². The van der Waals surface area contributed by atoms with Gasteiger partial charge in [-0.05, 0) is 29.8 Å². The first-order chi connectivity index (χ1) is 13.6. The first-order valence-corrected chi connectivity index (χ1v) is 10.4. The highest BCUT2D eigenvalue weighted by Crippen LogP contribution is 2.27. The second-order valence-corrected chi connectivity index (χ2v) is 7.64. The number of ether oxygens (including phenoxy) is 2. The fourth-order valence-corrected chi connectivity index (χ4v) is 4.14. The number of amides is 1. The van der Waals surface area contributed by atoms with E-state index in [4.69, 9.17) is 9.47 Å². The van der Waals surface area contributed by atoms with Crippen molar-refractivity contribution >= 4 is 34.1 Å². The van der Waals surface area contributed by atoms with Crippen LogP contribution in [0.25, 0.3) is 0 Å². The first kappa shape index (κ1) is 20.2. The number of hydrogen-bond acceptors (Lipinski definition) is 6. The zero-order valence-electron chi connectivity index (χ0n) is 15.4. The Morgan fingerprint density at radius 3 is 2.54 bits per heavy atom. The Morgan fingerprint density at radius 2 is 1.86 bits per heavy atom. The van der Waals surface area contributed by atoms with E-state index >= 15 is 0 Å². The van der Waals surface area contributed by atoms with E-state index < -0.39 is 11.7 Å². The molecule has 0 aliphatic carbocycles. The van der Waals surface area contributed by atoms with Gasteiger partial charge in [0.2, 0.25) is 0 Å². The number of carbonyl (C=O) groups is 1. The molecule has 8 heteroatoms. The normalized spacial score (nSPS) is 10.5. The van der Waals surface area contributed by atoms with Crippen LogP contribution in [0.4, 0.5) is 9.52 Å². The Labute approximate surface area is 170 Å².